The van der Waals surface area contributed by atoms with Crippen LogP contribution in [0.3, 0.4) is 0 Å². The van der Waals surface area contributed by atoms with Crippen LogP contribution in [-0.4, -0.2) is 25.1 Å². The van der Waals surface area contributed by atoms with Crippen LogP contribution in [0, 0.1) is 5.41 Å². The van der Waals surface area contributed by atoms with E-state index in [9.17, 15) is 0 Å². The molecule has 3 heteroatoms. The SMILES string of the molecule is CCC=COC(CCCCCCC)C(CCC)(CCC)C(C)(OCC)OCC. The molecule has 1 atom stereocenters. The summed E-state index contributed by atoms with van der Waals surface area (Å²) < 4.78 is 19.2. The summed E-state index contributed by atoms with van der Waals surface area (Å²) in [5.74, 6) is -0.628. The minimum atomic E-state index is -0.628. The van der Waals surface area contributed by atoms with Gasteiger partial charge in [0.1, 0.15) is 6.10 Å². The van der Waals surface area contributed by atoms with Crippen molar-refractivity contribution in [3.8, 4) is 0 Å². The van der Waals surface area contributed by atoms with Crippen LogP contribution in [-0.2, 0) is 14.2 Å². The molecule has 0 aromatic rings. The van der Waals surface area contributed by atoms with Gasteiger partial charge in [0, 0.05) is 13.2 Å². The third kappa shape index (κ3) is 8.45. The third-order valence-corrected chi connectivity index (χ3v) is 5.90. The largest absolute Gasteiger partial charge is 0.498 e. The fourth-order valence-corrected chi connectivity index (χ4v) is 4.62. The molecule has 0 aromatic heterocycles. The van der Waals surface area contributed by atoms with E-state index in [1.54, 1.807) is 0 Å². The molecule has 0 aromatic carbocycles. The van der Waals surface area contributed by atoms with Crippen LogP contribution < -0.4 is 0 Å². The van der Waals surface area contributed by atoms with E-state index in [1.165, 1.54) is 32.1 Å². The normalized spacial score (nSPS) is 14.0. The molecule has 0 fully saturated rings. The molecule has 0 saturated heterocycles. The van der Waals surface area contributed by atoms with Gasteiger partial charge in [0.2, 0.25) is 0 Å². The van der Waals surface area contributed by atoms with E-state index >= 15 is 0 Å². The van der Waals surface area contributed by atoms with Crippen molar-refractivity contribution in [1.82, 2.24) is 0 Å². The first kappa shape index (κ1) is 27.5. The number of allylic oxidation sites excluding steroid dienone is 1. The molecule has 168 valence electrons. The standard InChI is InChI=1S/C25H50O3/c1-8-14-16-17-18-19-23(26-22-15-9-2)25(20-10-3,21-11-4)24(7,27-12-5)28-13-6/h15,22-23H,8-14,16-21H2,1-7H3. The summed E-state index contributed by atoms with van der Waals surface area (Å²) in [5.41, 5.74) is -0.147. The Morgan fingerprint density at radius 1 is 0.750 bits per heavy atom. The van der Waals surface area contributed by atoms with Gasteiger partial charge in [0.15, 0.2) is 5.79 Å². The molecule has 0 spiro atoms. The topological polar surface area (TPSA) is 27.7 Å². The Hall–Kier alpha value is -0.540. The molecule has 3 nitrogen and oxygen atoms in total. The predicted molar refractivity (Wildman–Crippen MR) is 122 cm³/mol. The Kier molecular flexibility index (Phi) is 16.0. The highest BCUT2D eigenvalue weighted by Crippen LogP contribution is 2.49. The van der Waals surface area contributed by atoms with Gasteiger partial charge in [-0.2, -0.15) is 0 Å². The van der Waals surface area contributed by atoms with Gasteiger partial charge in [-0.15, -0.1) is 0 Å². The van der Waals surface area contributed by atoms with Gasteiger partial charge in [-0.05, 0) is 52.9 Å². The van der Waals surface area contributed by atoms with E-state index in [-0.39, 0.29) is 11.5 Å². The van der Waals surface area contributed by atoms with Crippen molar-refractivity contribution in [2.24, 2.45) is 5.41 Å². The highest BCUT2D eigenvalue weighted by molar-refractivity contribution is 4.98. The van der Waals surface area contributed by atoms with Crippen LogP contribution in [0.1, 0.15) is 119 Å². The molecule has 0 aliphatic heterocycles. The minimum absolute atomic E-state index is 0.111. The molecule has 0 N–H and O–H groups in total. The number of rotatable bonds is 19. The van der Waals surface area contributed by atoms with Crippen molar-refractivity contribution in [3.63, 3.8) is 0 Å². The van der Waals surface area contributed by atoms with Crippen LogP contribution in [0.25, 0.3) is 0 Å². The number of ether oxygens (including phenoxy) is 3. The van der Waals surface area contributed by atoms with Crippen molar-refractivity contribution in [3.05, 3.63) is 12.3 Å². The van der Waals surface area contributed by atoms with E-state index in [1.807, 2.05) is 6.26 Å². The zero-order chi connectivity index (χ0) is 21.3. The predicted octanol–water partition coefficient (Wildman–Crippen LogP) is 8.03. The van der Waals surface area contributed by atoms with E-state index in [0.29, 0.717) is 13.2 Å². The van der Waals surface area contributed by atoms with Gasteiger partial charge in [-0.25, -0.2) is 0 Å². The molecule has 1 unspecified atom stereocenters. The van der Waals surface area contributed by atoms with Crippen molar-refractivity contribution in [2.75, 3.05) is 13.2 Å². The molecular formula is C25H50O3. The first-order valence-electron chi connectivity index (χ1n) is 12.1. The number of hydrogen-bond donors (Lipinski definition) is 0. The maximum Gasteiger partial charge on any atom is 0.174 e. The van der Waals surface area contributed by atoms with Gasteiger partial charge in [0.25, 0.3) is 0 Å². The molecular weight excluding hydrogens is 348 g/mol. The van der Waals surface area contributed by atoms with Gasteiger partial charge in [-0.3, -0.25) is 0 Å². The van der Waals surface area contributed by atoms with Crippen molar-refractivity contribution in [1.29, 1.82) is 0 Å². The van der Waals surface area contributed by atoms with Crippen molar-refractivity contribution >= 4 is 0 Å². The average molecular weight is 399 g/mol. The van der Waals surface area contributed by atoms with Crippen LogP contribution >= 0.6 is 0 Å². The van der Waals surface area contributed by atoms with Gasteiger partial charge < -0.3 is 14.2 Å². The summed E-state index contributed by atoms with van der Waals surface area (Å²) in [6.07, 6.45) is 16.9. The smallest absolute Gasteiger partial charge is 0.174 e. The summed E-state index contributed by atoms with van der Waals surface area (Å²) in [6, 6.07) is 0. The minimum Gasteiger partial charge on any atom is -0.498 e. The maximum absolute atomic E-state index is 6.46. The fraction of sp³-hybridized carbons (Fsp3) is 0.920. The molecule has 0 aliphatic rings. The van der Waals surface area contributed by atoms with E-state index in [4.69, 9.17) is 14.2 Å². The first-order chi connectivity index (χ1) is 13.5. The summed E-state index contributed by atoms with van der Waals surface area (Å²) in [7, 11) is 0. The highest BCUT2D eigenvalue weighted by atomic mass is 16.7. The summed E-state index contributed by atoms with van der Waals surface area (Å²) >= 11 is 0. The second-order valence-electron chi connectivity index (χ2n) is 8.08. The van der Waals surface area contributed by atoms with E-state index < -0.39 is 5.79 Å². The van der Waals surface area contributed by atoms with Crippen molar-refractivity contribution in [2.45, 2.75) is 131 Å². The lowest BCUT2D eigenvalue weighted by atomic mass is 9.67. The van der Waals surface area contributed by atoms with E-state index in [2.05, 4.69) is 54.5 Å². The Morgan fingerprint density at radius 3 is 1.79 bits per heavy atom. The van der Waals surface area contributed by atoms with Gasteiger partial charge in [0.05, 0.1) is 11.7 Å². The van der Waals surface area contributed by atoms with Crippen LogP contribution in [0.5, 0.6) is 0 Å². The second kappa shape index (κ2) is 16.3. The zero-order valence-electron chi connectivity index (χ0n) is 20.1. The first-order valence-corrected chi connectivity index (χ1v) is 12.1. The fourth-order valence-electron chi connectivity index (χ4n) is 4.62. The molecule has 0 radical (unpaired) electrons. The molecule has 0 bridgehead atoms. The van der Waals surface area contributed by atoms with Gasteiger partial charge in [-0.1, -0.05) is 72.3 Å². The van der Waals surface area contributed by atoms with Crippen molar-refractivity contribution < 1.29 is 14.2 Å². The second-order valence-corrected chi connectivity index (χ2v) is 8.08. The van der Waals surface area contributed by atoms with Crippen LogP contribution in [0.4, 0.5) is 0 Å². The highest BCUT2D eigenvalue weighted by Gasteiger charge is 2.54. The maximum atomic E-state index is 6.46. The lowest BCUT2D eigenvalue weighted by Gasteiger charge is -2.51. The zero-order valence-corrected chi connectivity index (χ0v) is 20.1. The Morgan fingerprint density at radius 2 is 1.32 bits per heavy atom. The molecule has 28 heavy (non-hydrogen) atoms. The summed E-state index contributed by atoms with van der Waals surface area (Å²) in [4.78, 5) is 0. The lowest BCUT2D eigenvalue weighted by Crippen LogP contribution is -2.57. The molecule has 0 aliphatic carbocycles. The number of hydrogen-bond acceptors (Lipinski definition) is 3. The molecule has 0 heterocycles. The molecule has 0 saturated carbocycles. The monoisotopic (exact) mass is 398 g/mol. The molecule has 0 rings (SSSR count). The lowest BCUT2D eigenvalue weighted by molar-refractivity contribution is -0.312. The molecule has 0 amide bonds. The summed E-state index contributed by atoms with van der Waals surface area (Å²) in [6.45, 7) is 16.5. The van der Waals surface area contributed by atoms with Crippen LogP contribution in [0.2, 0.25) is 0 Å². The summed E-state index contributed by atoms with van der Waals surface area (Å²) in [5, 5.41) is 0. The third-order valence-electron chi connectivity index (χ3n) is 5.90. The Labute approximate surface area is 176 Å². The average Bonchev–Trinajstić information content (AvgIpc) is 2.66. The van der Waals surface area contributed by atoms with Gasteiger partial charge >= 0.3 is 0 Å². The van der Waals surface area contributed by atoms with Crippen LogP contribution in [0.15, 0.2) is 12.3 Å². The number of unbranched alkanes of at least 4 members (excludes halogenated alkanes) is 4. The van der Waals surface area contributed by atoms with E-state index in [0.717, 1.165) is 38.5 Å². The Bertz CT molecular complexity index is 366. The Balaban J connectivity index is 5.83. The quantitative estimate of drug-likeness (QED) is 0.125.